The van der Waals surface area contributed by atoms with Gasteiger partial charge in [-0.05, 0) is 11.6 Å². The molecular formula is C11H14NO3S-. The van der Waals surface area contributed by atoms with Crippen molar-refractivity contribution in [1.29, 1.82) is 0 Å². The molecule has 1 heterocycles. The summed E-state index contributed by atoms with van der Waals surface area (Å²) in [6, 6.07) is 0. The zero-order valence-electron chi connectivity index (χ0n) is 8.83. The average Bonchev–Trinajstić information content (AvgIpc) is 2.21. The Bertz CT molecular complexity index is 373. The van der Waals surface area contributed by atoms with Crippen molar-refractivity contribution in [3.8, 4) is 0 Å². The highest BCUT2D eigenvalue weighted by Gasteiger charge is 2.25. The minimum absolute atomic E-state index is 0.0737. The van der Waals surface area contributed by atoms with Crippen LogP contribution in [-0.4, -0.2) is 30.8 Å². The van der Waals surface area contributed by atoms with Crippen molar-refractivity contribution in [3.63, 3.8) is 0 Å². The molecule has 1 N–H and O–H groups in total. The van der Waals surface area contributed by atoms with Crippen molar-refractivity contribution < 1.29 is 13.9 Å². The third-order valence-electron chi connectivity index (χ3n) is 2.20. The second-order valence-corrected chi connectivity index (χ2v) is 4.23. The second-order valence-electron chi connectivity index (χ2n) is 3.35. The van der Waals surface area contributed by atoms with Crippen LogP contribution < -0.4 is 0 Å². The lowest BCUT2D eigenvalue weighted by Gasteiger charge is -2.36. The summed E-state index contributed by atoms with van der Waals surface area (Å²) in [5.74, 6) is 0. The van der Waals surface area contributed by atoms with Gasteiger partial charge in [0.2, 0.25) is 0 Å². The number of hydrogen-bond acceptors (Lipinski definition) is 3. The number of β-amino-alcohol motifs (C(OH)–C–C–N with tert-alkyl or cyclic N) is 1. The molecule has 1 aliphatic rings. The van der Waals surface area contributed by atoms with E-state index in [0.29, 0.717) is 12.1 Å². The molecule has 88 valence electrons. The Morgan fingerprint density at radius 1 is 1.44 bits per heavy atom. The first-order chi connectivity index (χ1) is 7.60. The Kier molecular flexibility index (Phi) is 4.67. The first kappa shape index (κ1) is 12.9. The fraction of sp³-hybridized carbons (Fsp3) is 0.273. The normalized spacial score (nSPS) is 28.1. The minimum atomic E-state index is -2.40. The number of aliphatic hydroxyl groups excluding tert-OH is 1. The summed E-state index contributed by atoms with van der Waals surface area (Å²) in [6.45, 7) is 7.18. The quantitative estimate of drug-likeness (QED) is 0.749. The summed E-state index contributed by atoms with van der Waals surface area (Å²) >= 11 is -2.40. The van der Waals surface area contributed by atoms with Crippen molar-refractivity contribution in [3.05, 3.63) is 48.7 Å². The lowest BCUT2D eigenvalue weighted by Crippen LogP contribution is -2.38. The van der Waals surface area contributed by atoms with E-state index in [9.17, 15) is 13.9 Å². The van der Waals surface area contributed by atoms with Gasteiger partial charge in [0.25, 0.3) is 0 Å². The molecule has 1 saturated heterocycles. The van der Waals surface area contributed by atoms with Crippen LogP contribution >= 0.6 is 0 Å². The number of rotatable bonds is 3. The smallest absolute Gasteiger partial charge is 0.0766 e. The first-order valence-corrected chi connectivity index (χ1v) is 5.83. The SMILES string of the molecule is C=C/C=C1/C[C@@H](O)CN(S(=O)[O-])/C1=C/C=C. The lowest BCUT2D eigenvalue weighted by molar-refractivity contribution is 0.141. The van der Waals surface area contributed by atoms with Gasteiger partial charge >= 0.3 is 0 Å². The molecule has 0 aromatic heterocycles. The van der Waals surface area contributed by atoms with Crippen molar-refractivity contribution in [2.75, 3.05) is 6.54 Å². The monoisotopic (exact) mass is 240 g/mol. The van der Waals surface area contributed by atoms with Crippen LogP contribution in [0.3, 0.4) is 0 Å². The highest BCUT2D eigenvalue weighted by molar-refractivity contribution is 7.76. The van der Waals surface area contributed by atoms with E-state index >= 15 is 0 Å². The van der Waals surface area contributed by atoms with Gasteiger partial charge in [-0.2, -0.15) is 0 Å². The van der Waals surface area contributed by atoms with Crippen molar-refractivity contribution in [2.24, 2.45) is 0 Å². The van der Waals surface area contributed by atoms with Crippen LogP contribution in [0.5, 0.6) is 0 Å². The van der Waals surface area contributed by atoms with E-state index in [1.54, 1.807) is 18.2 Å². The van der Waals surface area contributed by atoms with E-state index in [1.807, 2.05) is 0 Å². The minimum Gasteiger partial charge on any atom is -0.755 e. The maximum atomic E-state index is 11.0. The fourth-order valence-electron chi connectivity index (χ4n) is 1.61. The Morgan fingerprint density at radius 2 is 2.06 bits per heavy atom. The third kappa shape index (κ3) is 2.91. The van der Waals surface area contributed by atoms with Gasteiger partial charge in [-0.25, -0.2) is 0 Å². The van der Waals surface area contributed by atoms with E-state index in [1.165, 1.54) is 6.08 Å². The summed E-state index contributed by atoms with van der Waals surface area (Å²) < 4.78 is 23.2. The van der Waals surface area contributed by atoms with E-state index in [0.717, 1.165) is 9.88 Å². The molecule has 0 bridgehead atoms. The van der Waals surface area contributed by atoms with Crippen LogP contribution in [0.1, 0.15) is 6.42 Å². The summed E-state index contributed by atoms with van der Waals surface area (Å²) in [5, 5.41) is 9.57. The van der Waals surface area contributed by atoms with Crippen LogP contribution in [-0.2, 0) is 11.3 Å². The molecule has 16 heavy (non-hydrogen) atoms. The van der Waals surface area contributed by atoms with Crippen LogP contribution in [0.4, 0.5) is 0 Å². The van der Waals surface area contributed by atoms with Crippen LogP contribution in [0.15, 0.2) is 48.7 Å². The number of piperidine rings is 1. The predicted octanol–water partition coefficient (Wildman–Crippen LogP) is 1.03. The topological polar surface area (TPSA) is 63.6 Å². The van der Waals surface area contributed by atoms with E-state index in [-0.39, 0.29) is 6.54 Å². The largest absolute Gasteiger partial charge is 0.755 e. The molecule has 2 atom stereocenters. The predicted molar refractivity (Wildman–Crippen MR) is 62.8 cm³/mol. The summed E-state index contributed by atoms with van der Waals surface area (Å²) in [4.78, 5) is 0. The van der Waals surface area contributed by atoms with E-state index < -0.39 is 17.4 Å². The summed E-state index contributed by atoms with van der Waals surface area (Å²) in [7, 11) is 0. The summed E-state index contributed by atoms with van der Waals surface area (Å²) in [5.41, 5.74) is 1.27. The zero-order valence-corrected chi connectivity index (χ0v) is 9.65. The highest BCUT2D eigenvalue weighted by Crippen LogP contribution is 2.27. The number of nitrogens with zero attached hydrogens (tertiary/aromatic N) is 1. The second kappa shape index (κ2) is 5.79. The maximum absolute atomic E-state index is 11.0. The maximum Gasteiger partial charge on any atom is 0.0766 e. The van der Waals surface area contributed by atoms with Crippen molar-refractivity contribution >= 4 is 11.3 Å². The van der Waals surface area contributed by atoms with Gasteiger partial charge in [-0.3, -0.25) is 8.51 Å². The van der Waals surface area contributed by atoms with Gasteiger partial charge in [0.15, 0.2) is 0 Å². The number of aliphatic hydroxyl groups is 1. The average molecular weight is 240 g/mol. The third-order valence-corrected chi connectivity index (χ3v) is 2.91. The Morgan fingerprint density at radius 3 is 2.56 bits per heavy atom. The number of allylic oxidation sites excluding steroid dienone is 5. The molecule has 0 aromatic carbocycles. The van der Waals surface area contributed by atoms with Crippen LogP contribution in [0.2, 0.25) is 0 Å². The molecule has 0 amide bonds. The molecule has 1 unspecified atom stereocenters. The molecule has 0 aliphatic carbocycles. The molecule has 1 aliphatic heterocycles. The molecule has 1 rings (SSSR count). The molecule has 0 saturated carbocycles. The highest BCUT2D eigenvalue weighted by atomic mass is 32.2. The van der Waals surface area contributed by atoms with Crippen LogP contribution in [0, 0.1) is 0 Å². The van der Waals surface area contributed by atoms with Gasteiger partial charge in [0.1, 0.15) is 0 Å². The molecule has 0 spiro atoms. The Balaban J connectivity index is 3.13. The van der Waals surface area contributed by atoms with Gasteiger partial charge < -0.3 is 9.66 Å². The van der Waals surface area contributed by atoms with Gasteiger partial charge in [-0.15, -0.1) is 0 Å². The fourth-order valence-corrected chi connectivity index (χ4v) is 2.24. The molecule has 0 radical (unpaired) electrons. The molecule has 1 fully saturated rings. The number of hydrogen-bond donors (Lipinski definition) is 1. The Labute approximate surface area is 97.7 Å². The summed E-state index contributed by atoms with van der Waals surface area (Å²) in [6.07, 6.45) is 6.11. The molecular weight excluding hydrogens is 226 g/mol. The molecule has 4 nitrogen and oxygen atoms in total. The van der Waals surface area contributed by atoms with Crippen molar-refractivity contribution in [2.45, 2.75) is 12.5 Å². The van der Waals surface area contributed by atoms with Crippen LogP contribution in [0.25, 0.3) is 0 Å². The van der Waals surface area contributed by atoms with Gasteiger partial charge in [0.05, 0.1) is 18.3 Å². The molecule has 0 aromatic rings. The van der Waals surface area contributed by atoms with E-state index in [2.05, 4.69) is 13.2 Å². The van der Waals surface area contributed by atoms with Gasteiger partial charge in [0, 0.05) is 17.7 Å². The first-order valence-electron chi connectivity index (χ1n) is 4.79. The van der Waals surface area contributed by atoms with E-state index in [4.69, 9.17) is 0 Å². The lowest BCUT2D eigenvalue weighted by atomic mass is 9.99. The Hall–Kier alpha value is -1.17. The molecule has 5 heteroatoms. The van der Waals surface area contributed by atoms with Crippen molar-refractivity contribution in [1.82, 2.24) is 4.31 Å². The zero-order chi connectivity index (χ0) is 12.1. The standard InChI is InChI=1S/C11H15NO3S/c1-3-5-9-7-10(13)8-12(16(14)15)11(9)6-4-2/h3-6,10,13H,1-2,7-8H2,(H,14,15)/p-1/b9-5-,11-6+/t10-/m1/s1. The van der Waals surface area contributed by atoms with Gasteiger partial charge in [-0.1, -0.05) is 31.4 Å².